The zero-order valence-electron chi connectivity index (χ0n) is 19.2. The first-order valence-electron chi connectivity index (χ1n) is 10.9. The number of aromatic nitrogens is 2. The Morgan fingerprint density at radius 1 is 1.44 bits per heavy atom. The average molecular weight is 455 g/mol. The van der Waals surface area contributed by atoms with Gasteiger partial charge in [-0.15, -0.1) is 0 Å². The van der Waals surface area contributed by atoms with Crippen molar-refractivity contribution in [3.8, 4) is 0 Å². The molecule has 1 atom stereocenters. The first kappa shape index (κ1) is 27.7. The number of alkyl carbamates (subject to hydrolysis) is 1. The van der Waals surface area contributed by atoms with Crippen molar-refractivity contribution in [2.75, 3.05) is 46.2 Å². The van der Waals surface area contributed by atoms with Crippen molar-refractivity contribution in [1.82, 2.24) is 20.2 Å². The fourth-order valence-electron chi connectivity index (χ4n) is 2.72. The smallest absolute Gasteiger partial charge is 0.406 e. The molecule has 0 spiro atoms. The van der Waals surface area contributed by atoms with Crippen LogP contribution in [0.1, 0.15) is 43.5 Å². The zero-order chi connectivity index (χ0) is 23.8. The molecule has 1 aliphatic heterocycles. The molecule has 0 bridgehead atoms. The van der Waals surface area contributed by atoms with Gasteiger partial charge in [0.15, 0.2) is 0 Å². The van der Waals surface area contributed by atoms with Gasteiger partial charge in [0.2, 0.25) is 0 Å². The third kappa shape index (κ3) is 12.5. The number of aldehydes is 1. The molecule has 1 unspecified atom stereocenters. The van der Waals surface area contributed by atoms with Gasteiger partial charge in [-0.25, -0.2) is 9.78 Å². The van der Waals surface area contributed by atoms with Gasteiger partial charge in [0, 0.05) is 38.9 Å². The molecule has 11 heteroatoms. The van der Waals surface area contributed by atoms with Gasteiger partial charge in [-0.1, -0.05) is 0 Å². The van der Waals surface area contributed by atoms with E-state index in [1.165, 1.54) is 32.8 Å². The number of carbonyl (C=O) groups excluding carboxylic acids is 2. The maximum Gasteiger partial charge on any atom is 0.406 e. The lowest BCUT2D eigenvalue weighted by molar-refractivity contribution is -0.114. The summed E-state index contributed by atoms with van der Waals surface area (Å²) in [6, 6.07) is 0.692. The van der Waals surface area contributed by atoms with E-state index in [-0.39, 0.29) is 6.54 Å². The molecular formula is C21H38N6O5. The molecule has 1 aromatic rings. The van der Waals surface area contributed by atoms with E-state index in [1.54, 1.807) is 6.20 Å². The van der Waals surface area contributed by atoms with Crippen LogP contribution in [0.3, 0.4) is 0 Å². The van der Waals surface area contributed by atoms with Crippen molar-refractivity contribution < 1.29 is 24.2 Å². The van der Waals surface area contributed by atoms with Crippen LogP contribution in [-0.4, -0.2) is 85.0 Å². The number of aryl methyl sites for hydroxylation is 1. The van der Waals surface area contributed by atoms with Crippen LogP contribution in [0.2, 0.25) is 0 Å². The largest absolute Gasteiger partial charge is 0.453 e. The Morgan fingerprint density at radius 2 is 2.12 bits per heavy atom. The van der Waals surface area contributed by atoms with Crippen molar-refractivity contribution in [1.29, 1.82) is 0 Å². The van der Waals surface area contributed by atoms with Crippen molar-refractivity contribution in [2.24, 2.45) is 5.73 Å². The van der Waals surface area contributed by atoms with E-state index in [0.717, 1.165) is 37.6 Å². The maximum atomic E-state index is 10.9. The third-order valence-corrected chi connectivity index (χ3v) is 4.78. The number of ether oxygens (including phenoxy) is 2. The number of aliphatic hydroxyl groups excluding tert-OH is 1. The molecule has 11 nitrogen and oxygen atoms in total. The van der Waals surface area contributed by atoms with E-state index < -0.39 is 12.2 Å². The van der Waals surface area contributed by atoms with Gasteiger partial charge in [-0.3, -0.25) is 9.88 Å². The van der Waals surface area contributed by atoms with Crippen molar-refractivity contribution >= 4 is 18.2 Å². The lowest BCUT2D eigenvalue weighted by Gasteiger charge is -2.15. The number of nitrogens with two attached hydrogens (primary N) is 2. The molecule has 6 N–H and O–H groups in total. The van der Waals surface area contributed by atoms with Crippen LogP contribution in [-0.2, 0) is 27.2 Å². The summed E-state index contributed by atoms with van der Waals surface area (Å²) in [5.41, 5.74) is 12.4. The highest BCUT2D eigenvalue weighted by Gasteiger charge is 2.26. The first-order chi connectivity index (χ1) is 15.4. The number of hydrogen-bond donors (Lipinski definition) is 4. The number of aliphatic hydroxyl groups is 1. The van der Waals surface area contributed by atoms with Gasteiger partial charge in [-0.05, 0) is 45.6 Å². The molecule has 2 heterocycles. The van der Waals surface area contributed by atoms with Gasteiger partial charge in [0.05, 0.1) is 24.7 Å². The van der Waals surface area contributed by atoms with Crippen LogP contribution in [0.5, 0.6) is 0 Å². The molecule has 182 valence electrons. The SMILES string of the molecule is C1CCOC1.COC(=O)NCCCc1nc(CN(C)C2CC2)cnc1N.NCC(O)C=O. The van der Waals surface area contributed by atoms with Gasteiger partial charge in [-0.2, -0.15) is 0 Å². The van der Waals surface area contributed by atoms with E-state index in [2.05, 4.69) is 32.0 Å². The second kappa shape index (κ2) is 16.3. The molecule has 2 fully saturated rings. The highest BCUT2D eigenvalue weighted by Crippen LogP contribution is 2.26. The molecule has 1 saturated heterocycles. The number of amides is 1. The minimum atomic E-state index is -0.968. The minimum Gasteiger partial charge on any atom is -0.453 e. The van der Waals surface area contributed by atoms with Crippen molar-refractivity contribution in [2.45, 2.75) is 57.2 Å². The summed E-state index contributed by atoms with van der Waals surface area (Å²) >= 11 is 0. The number of rotatable bonds is 9. The van der Waals surface area contributed by atoms with Gasteiger partial charge >= 0.3 is 6.09 Å². The second-order valence-corrected chi connectivity index (χ2v) is 7.62. The molecule has 0 aromatic carbocycles. The number of nitrogens with one attached hydrogen (secondary N) is 1. The summed E-state index contributed by atoms with van der Waals surface area (Å²) in [5.74, 6) is 0.464. The number of methoxy groups -OCH3 is 1. The van der Waals surface area contributed by atoms with E-state index in [4.69, 9.17) is 21.3 Å². The Morgan fingerprint density at radius 3 is 2.59 bits per heavy atom. The molecule has 1 amide bonds. The summed E-state index contributed by atoms with van der Waals surface area (Å²) in [6.45, 7) is 3.34. The zero-order valence-corrected chi connectivity index (χ0v) is 19.2. The molecule has 1 aliphatic carbocycles. The van der Waals surface area contributed by atoms with Crippen LogP contribution in [0, 0.1) is 0 Å². The quantitative estimate of drug-likeness (QED) is 0.300. The van der Waals surface area contributed by atoms with Gasteiger partial charge < -0.3 is 36.2 Å². The van der Waals surface area contributed by atoms with Crippen LogP contribution in [0.25, 0.3) is 0 Å². The normalized spacial score (nSPS) is 15.7. The van der Waals surface area contributed by atoms with Crippen LogP contribution in [0.15, 0.2) is 6.20 Å². The van der Waals surface area contributed by atoms with E-state index >= 15 is 0 Å². The number of nitrogen functional groups attached to an aromatic ring is 1. The maximum absolute atomic E-state index is 10.9. The van der Waals surface area contributed by atoms with Gasteiger partial charge in [0.1, 0.15) is 18.2 Å². The minimum absolute atomic E-state index is 0.0174. The Balaban J connectivity index is 0.000000380. The molecule has 2 aliphatic rings. The molecular weight excluding hydrogens is 416 g/mol. The predicted octanol–water partition coefficient (Wildman–Crippen LogP) is 0.243. The van der Waals surface area contributed by atoms with Crippen LogP contribution < -0.4 is 16.8 Å². The highest BCUT2D eigenvalue weighted by atomic mass is 16.5. The average Bonchev–Trinajstić information content (AvgIpc) is 3.49. The predicted molar refractivity (Wildman–Crippen MR) is 121 cm³/mol. The summed E-state index contributed by atoms with van der Waals surface area (Å²) in [5, 5.41) is 10.8. The molecule has 3 rings (SSSR count). The van der Waals surface area contributed by atoms with Crippen molar-refractivity contribution in [3.63, 3.8) is 0 Å². The lowest BCUT2D eigenvalue weighted by atomic mass is 10.2. The Labute approximate surface area is 189 Å². The summed E-state index contributed by atoms with van der Waals surface area (Å²) in [4.78, 5) is 31.4. The van der Waals surface area contributed by atoms with Crippen LogP contribution in [0.4, 0.5) is 10.6 Å². The summed E-state index contributed by atoms with van der Waals surface area (Å²) in [6.07, 6.45) is 7.28. The topological polar surface area (TPSA) is 166 Å². The first-order valence-corrected chi connectivity index (χ1v) is 10.9. The molecule has 0 radical (unpaired) electrons. The summed E-state index contributed by atoms with van der Waals surface area (Å²) < 4.78 is 9.45. The lowest BCUT2D eigenvalue weighted by Crippen LogP contribution is -2.24. The molecule has 1 saturated carbocycles. The number of anilines is 1. The third-order valence-electron chi connectivity index (χ3n) is 4.78. The fraction of sp³-hybridized carbons (Fsp3) is 0.714. The van der Waals surface area contributed by atoms with Gasteiger partial charge in [0.25, 0.3) is 0 Å². The Kier molecular flexibility index (Phi) is 14.1. The van der Waals surface area contributed by atoms with Crippen molar-refractivity contribution in [3.05, 3.63) is 17.6 Å². The molecule has 1 aromatic heterocycles. The monoisotopic (exact) mass is 454 g/mol. The number of carbonyl (C=O) groups is 2. The highest BCUT2D eigenvalue weighted by molar-refractivity contribution is 5.66. The standard InChI is InChI=1S/C14H23N5O2.C4H8O.C3H7NO2/c1-19(11-5-6-11)9-10-8-17-13(15)12(18-10)4-3-7-16-14(20)21-2;1-2-4-5-3-1;4-1-3(6)2-5/h8,11H,3-7,9H2,1-2H3,(H2,15,17)(H,16,20);1-4H2;2-3,6H,1,4H2. The number of hydrogen-bond acceptors (Lipinski definition) is 10. The van der Waals surface area contributed by atoms with E-state index in [1.807, 2.05) is 0 Å². The number of nitrogens with zero attached hydrogens (tertiary/aromatic N) is 3. The summed E-state index contributed by atoms with van der Waals surface area (Å²) in [7, 11) is 3.45. The second-order valence-electron chi connectivity index (χ2n) is 7.62. The van der Waals surface area contributed by atoms with E-state index in [9.17, 15) is 9.59 Å². The van der Waals surface area contributed by atoms with E-state index in [0.29, 0.717) is 31.1 Å². The van der Waals surface area contributed by atoms with Crippen LogP contribution >= 0.6 is 0 Å². The Hall–Kier alpha value is -2.34. The fourth-order valence-corrected chi connectivity index (χ4v) is 2.72. The molecule has 32 heavy (non-hydrogen) atoms. The Bertz CT molecular complexity index is 662.